The van der Waals surface area contributed by atoms with Crippen LogP contribution >= 0.6 is 0 Å². The molecule has 4 nitrogen and oxygen atoms in total. The van der Waals surface area contributed by atoms with Gasteiger partial charge in [0.25, 0.3) is 0 Å². The van der Waals surface area contributed by atoms with E-state index in [4.69, 9.17) is 0 Å². The second-order valence-corrected chi connectivity index (χ2v) is 7.62. The van der Waals surface area contributed by atoms with Gasteiger partial charge in [0.15, 0.2) is 0 Å². The summed E-state index contributed by atoms with van der Waals surface area (Å²) in [6.07, 6.45) is -3.74. The molecule has 2 heterocycles. The van der Waals surface area contributed by atoms with Gasteiger partial charge in [-0.3, -0.25) is 9.59 Å². The fraction of sp³-hybridized carbons (Fsp3) is 0.875. The molecule has 2 amide bonds. The molecular formula is C16H25F3N2O2. The molecular weight excluding hydrogens is 309 g/mol. The van der Waals surface area contributed by atoms with Crippen LogP contribution < -0.4 is 0 Å². The standard InChI is InChI=1S/C16H25F3N2O2/c1-14(2,3)12(22)21-10-6-15(7-11-21,16(17,18)19)13(23)20-8-4-5-9-20/h4-11H2,1-3H3. The van der Waals surface area contributed by atoms with Crippen LogP contribution in [0.4, 0.5) is 13.2 Å². The Morgan fingerprint density at radius 1 is 0.870 bits per heavy atom. The summed E-state index contributed by atoms with van der Waals surface area (Å²) in [5.41, 5.74) is -2.96. The molecule has 0 aromatic rings. The molecule has 0 atom stereocenters. The fourth-order valence-corrected chi connectivity index (χ4v) is 3.41. The molecule has 2 aliphatic rings. The van der Waals surface area contributed by atoms with Crippen molar-refractivity contribution < 1.29 is 22.8 Å². The van der Waals surface area contributed by atoms with Gasteiger partial charge in [-0.1, -0.05) is 20.8 Å². The first-order valence-corrected chi connectivity index (χ1v) is 8.14. The van der Waals surface area contributed by atoms with E-state index in [2.05, 4.69) is 0 Å². The number of nitrogens with zero attached hydrogens (tertiary/aromatic N) is 2. The van der Waals surface area contributed by atoms with Gasteiger partial charge >= 0.3 is 6.18 Å². The lowest BCUT2D eigenvalue weighted by Gasteiger charge is -2.44. The Balaban J connectivity index is 2.17. The van der Waals surface area contributed by atoms with Crippen LogP contribution in [0.1, 0.15) is 46.5 Å². The number of carbonyl (C=O) groups is 2. The molecule has 0 radical (unpaired) electrons. The van der Waals surface area contributed by atoms with Gasteiger partial charge < -0.3 is 9.80 Å². The van der Waals surface area contributed by atoms with E-state index < -0.39 is 22.9 Å². The molecule has 0 saturated carbocycles. The number of likely N-dealkylation sites (tertiary alicyclic amines) is 2. The van der Waals surface area contributed by atoms with E-state index in [9.17, 15) is 22.8 Å². The van der Waals surface area contributed by atoms with Crippen LogP contribution in [0.25, 0.3) is 0 Å². The average molecular weight is 334 g/mol. The minimum absolute atomic E-state index is 0.0187. The number of amides is 2. The van der Waals surface area contributed by atoms with Gasteiger partial charge in [0.1, 0.15) is 5.41 Å². The Morgan fingerprint density at radius 3 is 1.74 bits per heavy atom. The summed E-state index contributed by atoms with van der Waals surface area (Å²) in [6.45, 7) is 6.01. The van der Waals surface area contributed by atoms with Crippen LogP contribution in [-0.4, -0.2) is 54.0 Å². The van der Waals surface area contributed by atoms with Gasteiger partial charge in [-0.15, -0.1) is 0 Å². The first-order valence-electron chi connectivity index (χ1n) is 8.14. The van der Waals surface area contributed by atoms with Crippen molar-refractivity contribution in [3.63, 3.8) is 0 Å². The van der Waals surface area contributed by atoms with E-state index in [0.717, 1.165) is 12.8 Å². The molecule has 132 valence electrons. The zero-order valence-electron chi connectivity index (χ0n) is 14.0. The highest BCUT2D eigenvalue weighted by Gasteiger charge is 2.62. The van der Waals surface area contributed by atoms with Gasteiger partial charge in [0.2, 0.25) is 11.8 Å². The van der Waals surface area contributed by atoms with E-state index >= 15 is 0 Å². The quantitative estimate of drug-likeness (QED) is 0.740. The first-order chi connectivity index (χ1) is 10.5. The van der Waals surface area contributed by atoms with Crippen molar-refractivity contribution in [3.05, 3.63) is 0 Å². The maximum Gasteiger partial charge on any atom is 0.403 e. The van der Waals surface area contributed by atoms with Crippen LogP contribution in [0.15, 0.2) is 0 Å². The summed E-state index contributed by atoms with van der Waals surface area (Å²) in [6, 6.07) is 0. The van der Waals surface area contributed by atoms with Crippen LogP contribution in [0.5, 0.6) is 0 Å². The number of piperidine rings is 1. The number of alkyl halides is 3. The second-order valence-electron chi connectivity index (χ2n) is 7.62. The lowest BCUT2D eigenvalue weighted by atomic mass is 9.75. The maximum atomic E-state index is 13.7. The zero-order valence-corrected chi connectivity index (χ0v) is 14.0. The molecule has 0 N–H and O–H groups in total. The number of carbonyl (C=O) groups excluding carboxylic acids is 2. The Labute approximate surface area is 135 Å². The summed E-state index contributed by atoms with van der Waals surface area (Å²) in [7, 11) is 0. The predicted octanol–water partition coefficient (Wildman–Crippen LogP) is 2.83. The Morgan fingerprint density at radius 2 is 1.35 bits per heavy atom. The molecule has 0 unspecified atom stereocenters. The average Bonchev–Trinajstić information content (AvgIpc) is 2.97. The van der Waals surface area contributed by atoms with Crippen LogP contribution in [0, 0.1) is 10.8 Å². The summed E-state index contributed by atoms with van der Waals surface area (Å²) in [4.78, 5) is 27.6. The van der Waals surface area contributed by atoms with Gasteiger partial charge in [-0.2, -0.15) is 13.2 Å². The molecule has 2 saturated heterocycles. The highest BCUT2D eigenvalue weighted by molar-refractivity contribution is 5.85. The summed E-state index contributed by atoms with van der Waals surface area (Å²) < 4.78 is 41.1. The van der Waals surface area contributed by atoms with Crippen molar-refractivity contribution in [2.45, 2.75) is 52.6 Å². The van der Waals surface area contributed by atoms with Crippen molar-refractivity contribution in [2.75, 3.05) is 26.2 Å². The predicted molar refractivity (Wildman–Crippen MR) is 79.6 cm³/mol. The third-order valence-electron chi connectivity index (χ3n) is 4.89. The summed E-state index contributed by atoms with van der Waals surface area (Å²) >= 11 is 0. The molecule has 0 aromatic carbocycles. The van der Waals surface area contributed by atoms with E-state index in [1.807, 2.05) is 0 Å². The normalized spacial score (nSPS) is 22.3. The minimum Gasteiger partial charge on any atom is -0.342 e. The Bertz CT molecular complexity index is 469. The lowest BCUT2D eigenvalue weighted by molar-refractivity contribution is -0.238. The van der Waals surface area contributed by atoms with Crippen LogP contribution in [-0.2, 0) is 9.59 Å². The summed E-state index contributed by atoms with van der Waals surface area (Å²) in [5, 5.41) is 0. The number of halogens is 3. The van der Waals surface area contributed by atoms with Crippen molar-refractivity contribution in [1.82, 2.24) is 9.80 Å². The molecule has 2 rings (SSSR count). The van der Waals surface area contributed by atoms with Gasteiger partial charge in [0.05, 0.1) is 0 Å². The van der Waals surface area contributed by atoms with E-state index in [1.54, 1.807) is 20.8 Å². The fourth-order valence-electron chi connectivity index (χ4n) is 3.41. The second kappa shape index (κ2) is 5.98. The van der Waals surface area contributed by atoms with Gasteiger partial charge in [-0.05, 0) is 25.7 Å². The molecule has 2 aliphatic heterocycles. The SMILES string of the molecule is CC(C)(C)C(=O)N1CCC(C(=O)N2CCCC2)(C(F)(F)F)CC1. The first kappa shape index (κ1) is 18.1. The highest BCUT2D eigenvalue weighted by Crippen LogP contribution is 2.48. The maximum absolute atomic E-state index is 13.7. The molecule has 0 bridgehead atoms. The van der Waals surface area contributed by atoms with Crippen molar-refractivity contribution >= 4 is 11.8 Å². The zero-order chi connectivity index (χ0) is 17.5. The van der Waals surface area contributed by atoms with E-state index in [1.165, 1.54) is 9.80 Å². The molecule has 2 fully saturated rings. The monoisotopic (exact) mass is 334 g/mol. The third-order valence-corrected chi connectivity index (χ3v) is 4.89. The summed E-state index contributed by atoms with van der Waals surface area (Å²) in [5.74, 6) is -0.966. The highest BCUT2D eigenvalue weighted by atomic mass is 19.4. The largest absolute Gasteiger partial charge is 0.403 e. The van der Waals surface area contributed by atoms with E-state index in [0.29, 0.717) is 13.1 Å². The van der Waals surface area contributed by atoms with Gasteiger partial charge in [-0.25, -0.2) is 0 Å². The van der Waals surface area contributed by atoms with Crippen molar-refractivity contribution in [2.24, 2.45) is 10.8 Å². The van der Waals surface area contributed by atoms with Crippen molar-refractivity contribution in [3.8, 4) is 0 Å². The molecule has 23 heavy (non-hydrogen) atoms. The minimum atomic E-state index is -4.58. The smallest absolute Gasteiger partial charge is 0.342 e. The molecule has 0 spiro atoms. The molecule has 0 aliphatic carbocycles. The van der Waals surface area contributed by atoms with Crippen LogP contribution in [0.3, 0.4) is 0 Å². The van der Waals surface area contributed by atoms with E-state index in [-0.39, 0.29) is 31.8 Å². The number of rotatable bonds is 1. The lowest BCUT2D eigenvalue weighted by Crippen LogP contribution is -2.58. The number of hydrogen-bond acceptors (Lipinski definition) is 2. The third kappa shape index (κ3) is 3.33. The number of hydrogen-bond donors (Lipinski definition) is 0. The Kier molecular flexibility index (Phi) is 4.70. The van der Waals surface area contributed by atoms with Crippen LogP contribution in [0.2, 0.25) is 0 Å². The topological polar surface area (TPSA) is 40.6 Å². The Hall–Kier alpha value is -1.27. The van der Waals surface area contributed by atoms with Crippen molar-refractivity contribution in [1.29, 1.82) is 0 Å². The van der Waals surface area contributed by atoms with Gasteiger partial charge in [0, 0.05) is 31.6 Å². The molecule has 0 aromatic heterocycles. The molecule has 7 heteroatoms.